The van der Waals surface area contributed by atoms with Gasteiger partial charge in [-0.2, -0.15) is 0 Å². The summed E-state index contributed by atoms with van der Waals surface area (Å²) in [6.07, 6.45) is -0.345. The van der Waals surface area contributed by atoms with Crippen molar-refractivity contribution < 1.29 is 23.9 Å². The number of esters is 1. The van der Waals surface area contributed by atoms with Gasteiger partial charge in [0.25, 0.3) is 0 Å². The number of nitrogens with zero attached hydrogens (tertiary/aromatic N) is 1. The number of benzene rings is 2. The summed E-state index contributed by atoms with van der Waals surface area (Å²) in [6, 6.07) is 16.9. The summed E-state index contributed by atoms with van der Waals surface area (Å²) in [5.74, 6) is -1.03. The van der Waals surface area contributed by atoms with Gasteiger partial charge in [0.05, 0.1) is 7.11 Å². The molecule has 7 heteroatoms. The van der Waals surface area contributed by atoms with Crippen molar-refractivity contribution in [1.82, 2.24) is 10.2 Å². The molecule has 154 valence electrons. The number of amides is 2. The van der Waals surface area contributed by atoms with E-state index in [0.29, 0.717) is 0 Å². The molecule has 0 saturated carbocycles. The van der Waals surface area contributed by atoms with E-state index in [1.54, 1.807) is 6.92 Å². The molecule has 0 radical (unpaired) electrons. The van der Waals surface area contributed by atoms with Gasteiger partial charge in [-0.15, -0.1) is 0 Å². The first-order valence-corrected chi connectivity index (χ1v) is 9.28. The molecule has 0 aliphatic rings. The van der Waals surface area contributed by atoms with Gasteiger partial charge in [0, 0.05) is 13.5 Å². The maximum Gasteiger partial charge on any atom is 0.410 e. The fourth-order valence-electron chi connectivity index (χ4n) is 2.63. The highest BCUT2D eigenvalue weighted by atomic mass is 16.6. The average molecular weight is 398 g/mol. The number of hydrogen-bond donors (Lipinski definition) is 1. The van der Waals surface area contributed by atoms with E-state index in [9.17, 15) is 14.4 Å². The molecule has 2 amide bonds. The topological polar surface area (TPSA) is 84.9 Å². The average Bonchev–Trinajstić information content (AvgIpc) is 2.76. The lowest BCUT2D eigenvalue weighted by atomic mass is 10.1. The van der Waals surface area contributed by atoms with Gasteiger partial charge in [-0.25, -0.2) is 9.59 Å². The molecule has 0 aromatic heterocycles. The number of carbonyl (C=O) groups is 3. The number of rotatable bonds is 8. The molecule has 2 atom stereocenters. The van der Waals surface area contributed by atoms with Gasteiger partial charge in [-0.05, 0) is 18.1 Å². The Bertz CT molecular complexity index is 810. The van der Waals surface area contributed by atoms with Crippen molar-refractivity contribution in [3.63, 3.8) is 0 Å². The van der Waals surface area contributed by atoms with E-state index in [0.717, 1.165) is 11.1 Å². The van der Waals surface area contributed by atoms with Crippen LogP contribution in [0.25, 0.3) is 0 Å². The van der Waals surface area contributed by atoms with Gasteiger partial charge < -0.3 is 14.8 Å². The fourth-order valence-corrected chi connectivity index (χ4v) is 2.63. The first-order valence-electron chi connectivity index (χ1n) is 9.28. The molecule has 0 aliphatic carbocycles. The first-order chi connectivity index (χ1) is 13.9. The summed E-state index contributed by atoms with van der Waals surface area (Å²) >= 11 is 0. The monoisotopic (exact) mass is 398 g/mol. The van der Waals surface area contributed by atoms with Gasteiger partial charge in [-0.1, -0.05) is 60.7 Å². The Labute approximate surface area is 170 Å². The Hall–Kier alpha value is -3.35. The third kappa shape index (κ3) is 6.64. The molecule has 0 fully saturated rings. The maximum atomic E-state index is 12.6. The van der Waals surface area contributed by atoms with Crippen LogP contribution in [0, 0.1) is 0 Å². The standard InChI is InChI=1S/C22H26N2O5/c1-16(24(2)22(27)29-15-18-12-8-5-9-13-18)20(25)23-19(21(26)28-3)14-17-10-6-4-7-11-17/h4-13,16,19H,14-15H2,1-3H3,(H,23,25)/t16-,19-/m0/s1. The van der Waals surface area contributed by atoms with Crippen molar-refractivity contribution in [2.75, 3.05) is 14.2 Å². The van der Waals surface area contributed by atoms with Crippen molar-refractivity contribution in [3.05, 3.63) is 71.8 Å². The van der Waals surface area contributed by atoms with Crippen LogP contribution < -0.4 is 5.32 Å². The number of ether oxygens (including phenoxy) is 2. The third-order valence-corrected chi connectivity index (χ3v) is 4.54. The summed E-state index contributed by atoms with van der Waals surface area (Å²) in [5, 5.41) is 2.66. The molecule has 0 aliphatic heterocycles. The van der Waals surface area contributed by atoms with Crippen LogP contribution in [0.15, 0.2) is 60.7 Å². The second-order valence-corrected chi connectivity index (χ2v) is 6.60. The van der Waals surface area contributed by atoms with Gasteiger partial charge in [0.2, 0.25) is 5.91 Å². The predicted molar refractivity (Wildman–Crippen MR) is 108 cm³/mol. The van der Waals surface area contributed by atoms with E-state index in [1.807, 2.05) is 60.7 Å². The minimum atomic E-state index is -0.855. The Morgan fingerprint density at radius 2 is 1.52 bits per heavy atom. The van der Waals surface area contributed by atoms with Crippen LogP contribution in [0.1, 0.15) is 18.1 Å². The van der Waals surface area contributed by atoms with Gasteiger partial charge in [0.15, 0.2) is 0 Å². The highest BCUT2D eigenvalue weighted by Gasteiger charge is 2.28. The van der Waals surface area contributed by atoms with Crippen LogP contribution in [-0.2, 0) is 32.1 Å². The quantitative estimate of drug-likeness (QED) is 0.691. The summed E-state index contributed by atoms with van der Waals surface area (Å²) in [5.41, 5.74) is 1.73. The molecule has 2 aromatic carbocycles. The summed E-state index contributed by atoms with van der Waals surface area (Å²) in [6.45, 7) is 1.67. The van der Waals surface area contributed by atoms with Crippen LogP contribution in [0.4, 0.5) is 4.79 Å². The molecule has 0 unspecified atom stereocenters. The minimum absolute atomic E-state index is 0.108. The number of hydrogen-bond acceptors (Lipinski definition) is 5. The lowest BCUT2D eigenvalue weighted by molar-refractivity contribution is -0.145. The van der Waals surface area contributed by atoms with Crippen LogP contribution in [-0.4, -0.2) is 49.1 Å². The van der Waals surface area contributed by atoms with Gasteiger partial charge >= 0.3 is 12.1 Å². The maximum absolute atomic E-state index is 12.6. The largest absolute Gasteiger partial charge is 0.467 e. The first kappa shape index (κ1) is 21.9. The highest BCUT2D eigenvalue weighted by molar-refractivity contribution is 5.89. The van der Waals surface area contributed by atoms with Crippen molar-refractivity contribution >= 4 is 18.0 Å². The fraction of sp³-hybridized carbons (Fsp3) is 0.318. The summed E-state index contributed by atoms with van der Waals surface area (Å²) in [4.78, 5) is 38.2. The molecular weight excluding hydrogens is 372 g/mol. The molecule has 7 nitrogen and oxygen atoms in total. The Morgan fingerprint density at radius 1 is 0.966 bits per heavy atom. The Morgan fingerprint density at radius 3 is 2.07 bits per heavy atom. The van der Waals surface area contributed by atoms with Crippen molar-refractivity contribution in [2.24, 2.45) is 0 Å². The van der Waals surface area contributed by atoms with Crippen molar-refractivity contribution in [2.45, 2.75) is 32.0 Å². The molecule has 0 bridgehead atoms. The molecule has 0 saturated heterocycles. The van der Waals surface area contributed by atoms with E-state index in [2.05, 4.69) is 5.32 Å². The summed E-state index contributed by atoms with van der Waals surface area (Å²) < 4.78 is 10.0. The molecule has 2 rings (SSSR count). The second kappa shape index (κ2) is 10.8. The van der Waals surface area contributed by atoms with Crippen molar-refractivity contribution in [3.8, 4) is 0 Å². The smallest absolute Gasteiger partial charge is 0.410 e. The molecule has 2 aromatic rings. The molecule has 0 spiro atoms. The predicted octanol–water partition coefficient (Wildman–Crippen LogP) is 2.54. The zero-order valence-corrected chi connectivity index (χ0v) is 16.8. The van der Waals surface area contributed by atoms with Crippen LogP contribution >= 0.6 is 0 Å². The highest BCUT2D eigenvalue weighted by Crippen LogP contribution is 2.08. The number of carbonyl (C=O) groups excluding carboxylic acids is 3. The lowest BCUT2D eigenvalue weighted by Crippen LogP contribution is -2.51. The lowest BCUT2D eigenvalue weighted by Gasteiger charge is -2.25. The molecule has 1 N–H and O–H groups in total. The normalized spacial score (nSPS) is 12.4. The number of likely N-dealkylation sites (N-methyl/N-ethyl adjacent to an activating group) is 1. The summed E-state index contributed by atoms with van der Waals surface area (Å²) in [7, 11) is 2.74. The van der Waals surface area contributed by atoms with Crippen LogP contribution in [0.5, 0.6) is 0 Å². The minimum Gasteiger partial charge on any atom is -0.467 e. The van der Waals surface area contributed by atoms with E-state index in [4.69, 9.17) is 9.47 Å². The SMILES string of the molecule is COC(=O)[C@H](Cc1ccccc1)NC(=O)[C@H](C)N(C)C(=O)OCc1ccccc1. The van der Waals surface area contributed by atoms with Gasteiger partial charge in [-0.3, -0.25) is 9.69 Å². The second-order valence-electron chi connectivity index (χ2n) is 6.60. The van der Waals surface area contributed by atoms with E-state index >= 15 is 0 Å². The molecule has 0 heterocycles. The van der Waals surface area contributed by atoms with E-state index in [1.165, 1.54) is 19.1 Å². The number of nitrogens with one attached hydrogen (secondary N) is 1. The zero-order valence-electron chi connectivity index (χ0n) is 16.8. The van der Waals surface area contributed by atoms with Crippen molar-refractivity contribution in [1.29, 1.82) is 0 Å². The number of methoxy groups -OCH3 is 1. The zero-order chi connectivity index (χ0) is 21.2. The van der Waals surface area contributed by atoms with Crippen LogP contribution in [0.2, 0.25) is 0 Å². The Kier molecular flexibility index (Phi) is 8.21. The third-order valence-electron chi connectivity index (χ3n) is 4.54. The van der Waals surface area contributed by atoms with Crippen LogP contribution in [0.3, 0.4) is 0 Å². The Balaban J connectivity index is 1.94. The molecule has 29 heavy (non-hydrogen) atoms. The van der Waals surface area contributed by atoms with E-state index < -0.39 is 30.1 Å². The van der Waals surface area contributed by atoms with Gasteiger partial charge in [0.1, 0.15) is 18.7 Å². The van der Waals surface area contributed by atoms with E-state index in [-0.39, 0.29) is 13.0 Å². The molecular formula is C22H26N2O5.